The van der Waals surface area contributed by atoms with Crippen LogP contribution in [-0.2, 0) is 4.74 Å². The summed E-state index contributed by atoms with van der Waals surface area (Å²) in [4.78, 5) is 4.22. The molecule has 1 fully saturated rings. The van der Waals surface area contributed by atoms with Crippen LogP contribution in [0.4, 0.5) is 0 Å². The van der Waals surface area contributed by atoms with Crippen molar-refractivity contribution in [2.24, 2.45) is 0 Å². The van der Waals surface area contributed by atoms with Crippen LogP contribution in [0, 0.1) is 0 Å². The maximum Gasteiger partial charge on any atom is 0.154 e. The number of epoxide rings is 1. The number of hydrogen-bond donors (Lipinski definition) is 0. The normalized spacial score (nSPS) is 21.5. The van der Waals surface area contributed by atoms with Gasteiger partial charge < -0.3 is 4.74 Å². The van der Waals surface area contributed by atoms with Gasteiger partial charge in [0.15, 0.2) is 5.65 Å². The van der Waals surface area contributed by atoms with E-state index in [1.807, 2.05) is 18.5 Å². The number of ether oxygens (including phenoxy) is 1. The van der Waals surface area contributed by atoms with E-state index in [1.54, 1.807) is 10.7 Å². The molecule has 1 unspecified atom stereocenters. The molecule has 1 saturated heterocycles. The summed E-state index contributed by atoms with van der Waals surface area (Å²) < 4.78 is 6.90. The predicted octanol–water partition coefficient (Wildman–Crippen LogP) is 0.801. The van der Waals surface area contributed by atoms with E-state index in [4.69, 9.17) is 4.74 Å². The lowest BCUT2D eigenvalue weighted by Crippen LogP contribution is -1.92. The second kappa shape index (κ2) is 2.04. The summed E-state index contributed by atoms with van der Waals surface area (Å²) >= 11 is 0. The zero-order valence-electron chi connectivity index (χ0n) is 6.34. The molecule has 0 radical (unpaired) electrons. The summed E-state index contributed by atoms with van der Waals surface area (Å²) in [5, 5.41) is 4.09. The standard InChI is InChI=1S/C8H7N3O/c1-2-10-11-4-6(7-5-12-7)3-9-8(1)11/h1-4,7H,5H2. The Morgan fingerprint density at radius 3 is 3.33 bits per heavy atom. The Labute approximate surface area is 68.8 Å². The molecule has 3 heterocycles. The molecule has 0 N–H and O–H groups in total. The van der Waals surface area contributed by atoms with Crippen LogP contribution in [-0.4, -0.2) is 21.2 Å². The first-order valence-electron chi connectivity index (χ1n) is 3.84. The number of fused-ring (bicyclic) bond motifs is 1. The van der Waals surface area contributed by atoms with Gasteiger partial charge in [-0.05, 0) is 0 Å². The molecular weight excluding hydrogens is 154 g/mol. The average Bonchev–Trinajstić information content (AvgIpc) is 2.84. The first-order valence-corrected chi connectivity index (χ1v) is 3.84. The van der Waals surface area contributed by atoms with E-state index >= 15 is 0 Å². The Balaban J connectivity index is 2.21. The van der Waals surface area contributed by atoms with Crippen molar-refractivity contribution in [3.8, 4) is 0 Å². The van der Waals surface area contributed by atoms with Crippen molar-refractivity contribution in [1.82, 2.24) is 14.6 Å². The Kier molecular flexibility index (Phi) is 1.04. The summed E-state index contributed by atoms with van der Waals surface area (Å²) in [6.45, 7) is 0.814. The van der Waals surface area contributed by atoms with Gasteiger partial charge in [-0.1, -0.05) is 0 Å². The van der Waals surface area contributed by atoms with E-state index in [0.29, 0.717) is 0 Å². The van der Waals surface area contributed by atoms with Gasteiger partial charge in [0, 0.05) is 24.0 Å². The zero-order valence-corrected chi connectivity index (χ0v) is 6.34. The van der Waals surface area contributed by atoms with Gasteiger partial charge >= 0.3 is 0 Å². The summed E-state index contributed by atoms with van der Waals surface area (Å²) in [5.74, 6) is 0. The number of rotatable bonds is 1. The van der Waals surface area contributed by atoms with Crippen LogP contribution in [0.5, 0.6) is 0 Å². The number of hydrogen-bond acceptors (Lipinski definition) is 3. The van der Waals surface area contributed by atoms with Gasteiger partial charge in [0.2, 0.25) is 0 Å². The minimum Gasteiger partial charge on any atom is -0.368 e. The summed E-state index contributed by atoms with van der Waals surface area (Å²) in [6, 6.07) is 1.87. The smallest absolute Gasteiger partial charge is 0.154 e. The van der Waals surface area contributed by atoms with Crippen molar-refractivity contribution in [1.29, 1.82) is 0 Å². The highest BCUT2D eigenvalue weighted by Crippen LogP contribution is 2.28. The van der Waals surface area contributed by atoms with Crippen LogP contribution in [0.3, 0.4) is 0 Å². The van der Waals surface area contributed by atoms with Crippen molar-refractivity contribution in [2.75, 3.05) is 6.61 Å². The first-order chi connectivity index (χ1) is 5.93. The number of aromatic nitrogens is 3. The third kappa shape index (κ3) is 0.816. The maximum atomic E-state index is 5.14. The van der Waals surface area contributed by atoms with Gasteiger partial charge in [0.1, 0.15) is 6.10 Å². The zero-order chi connectivity index (χ0) is 7.97. The minimum atomic E-state index is 0.256. The van der Waals surface area contributed by atoms with Crippen molar-refractivity contribution < 1.29 is 4.74 Å². The topological polar surface area (TPSA) is 42.7 Å². The van der Waals surface area contributed by atoms with Crippen molar-refractivity contribution >= 4 is 5.65 Å². The molecule has 0 bridgehead atoms. The molecule has 4 nitrogen and oxygen atoms in total. The summed E-state index contributed by atoms with van der Waals surface area (Å²) in [5.41, 5.74) is 1.98. The molecule has 60 valence electrons. The monoisotopic (exact) mass is 161 g/mol. The van der Waals surface area contributed by atoms with E-state index in [2.05, 4.69) is 10.1 Å². The van der Waals surface area contributed by atoms with Crippen LogP contribution in [0.25, 0.3) is 5.65 Å². The van der Waals surface area contributed by atoms with E-state index < -0.39 is 0 Å². The van der Waals surface area contributed by atoms with E-state index in [9.17, 15) is 0 Å². The fourth-order valence-corrected chi connectivity index (χ4v) is 1.23. The van der Waals surface area contributed by atoms with Gasteiger partial charge in [0.25, 0.3) is 0 Å². The van der Waals surface area contributed by atoms with E-state index in [1.165, 1.54) is 0 Å². The fourth-order valence-electron chi connectivity index (χ4n) is 1.23. The Bertz CT molecular complexity index is 419. The van der Waals surface area contributed by atoms with E-state index in [-0.39, 0.29) is 6.10 Å². The van der Waals surface area contributed by atoms with Crippen LogP contribution in [0.1, 0.15) is 11.7 Å². The predicted molar refractivity (Wildman–Crippen MR) is 41.7 cm³/mol. The molecule has 0 aliphatic carbocycles. The van der Waals surface area contributed by atoms with Crippen molar-refractivity contribution in [2.45, 2.75) is 6.10 Å². The van der Waals surface area contributed by atoms with E-state index in [0.717, 1.165) is 17.8 Å². The Morgan fingerprint density at radius 2 is 2.50 bits per heavy atom. The fraction of sp³-hybridized carbons (Fsp3) is 0.250. The summed E-state index contributed by atoms with van der Waals surface area (Å²) in [6.07, 6.45) is 5.79. The Morgan fingerprint density at radius 1 is 1.58 bits per heavy atom. The second-order valence-corrected chi connectivity index (χ2v) is 2.84. The molecule has 0 saturated carbocycles. The van der Waals surface area contributed by atoms with Crippen LogP contribution < -0.4 is 0 Å². The lowest BCUT2D eigenvalue weighted by molar-refractivity contribution is 0.414. The molecule has 2 aromatic rings. The molecule has 1 aliphatic heterocycles. The van der Waals surface area contributed by atoms with Crippen LogP contribution in [0.2, 0.25) is 0 Å². The highest BCUT2D eigenvalue weighted by atomic mass is 16.6. The summed E-state index contributed by atoms with van der Waals surface area (Å²) in [7, 11) is 0. The average molecular weight is 161 g/mol. The molecule has 0 aromatic carbocycles. The van der Waals surface area contributed by atoms with Crippen molar-refractivity contribution in [3.05, 3.63) is 30.2 Å². The van der Waals surface area contributed by atoms with Gasteiger partial charge in [-0.2, -0.15) is 5.10 Å². The SMILES string of the molecule is c1cc2ncc(C3CO3)cn2n1. The molecular formula is C8H7N3O. The highest BCUT2D eigenvalue weighted by molar-refractivity contribution is 5.36. The largest absolute Gasteiger partial charge is 0.368 e. The maximum absolute atomic E-state index is 5.14. The molecule has 1 atom stereocenters. The second-order valence-electron chi connectivity index (χ2n) is 2.84. The molecule has 2 aromatic heterocycles. The first kappa shape index (κ1) is 6.14. The molecule has 4 heteroatoms. The highest BCUT2D eigenvalue weighted by Gasteiger charge is 2.25. The quantitative estimate of drug-likeness (QED) is 0.581. The molecule has 0 amide bonds. The Hall–Kier alpha value is -1.42. The van der Waals surface area contributed by atoms with Gasteiger partial charge in [-0.3, -0.25) is 0 Å². The van der Waals surface area contributed by atoms with Gasteiger partial charge in [0.05, 0.1) is 12.8 Å². The lowest BCUT2D eigenvalue weighted by Gasteiger charge is -1.95. The minimum absolute atomic E-state index is 0.256. The van der Waals surface area contributed by atoms with Crippen molar-refractivity contribution in [3.63, 3.8) is 0 Å². The van der Waals surface area contributed by atoms with Crippen LogP contribution in [0.15, 0.2) is 24.7 Å². The molecule has 12 heavy (non-hydrogen) atoms. The van der Waals surface area contributed by atoms with Gasteiger partial charge in [-0.25, -0.2) is 9.50 Å². The molecule has 0 spiro atoms. The third-order valence-corrected chi connectivity index (χ3v) is 1.97. The third-order valence-electron chi connectivity index (χ3n) is 1.97. The van der Waals surface area contributed by atoms with Gasteiger partial charge in [-0.15, -0.1) is 0 Å². The molecule has 1 aliphatic rings. The van der Waals surface area contributed by atoms with Crippen LogP contribution >= 0.6 is 0 Å². The lowest BCUT2D eigenvalue weighted by atomic mass is 10.3. The number of nitrogens with zero attached hydrogens (tertiary/aromatic N) is 3. The molecule has 3 rings (SSSR count).